The van der Waals surface area contributed by atoms with Gasteiger partial charge in [0.05, 0.1) is 0 Å². The van der Waals surface area contributed by atoms with E-state index < -0.39 is 0 Å². The molecule has 0 aromatic rings. The van der Waals surface area contributed by atoms with Crippen LogP contribution in [-0.4, -0.2) is 3.23 Å². The summed E-state index contributed by atoms with van der Waals surface area (Å²) in [6, 6.07) is 0. The van der Waals surface area contributed by atoms with Crippen molar-refractivity contribution in [1.82, 2.24) is 0 Å². The minimum absolute atomic E-state index is 0.165. The van der Waals surface area contributed by atoms with Crippen molar-refractivity contribution in [3.05, 3.63) is 23.3 Å². The minimum Gasteiger partial charge on any atom is -0.0949 e. The Balaban J connectivity index is 2.00. The van der Waals surface area contributed by atoms with Gasteiger partial charge in [0, 0.05) is 10.8 Å². The fourth-order valence-electron chi connectivity index (χ4n) is 4.97. The highest BCUT2D eigenvalue weighted by Crippen LogP contribution is 2.95. The van der Waals surface area contributed by atoms with Crippen LogP contribution in [0.3, 0.4) is 0 Å². The third-order valence-corrected chi connectivity index (χ3v) is 8.16. The molecule has 2 saturated carbocycles. The van der Waals surface area contributed by atoms with Crippen molar-refractivity contribution in [2.45, 2.75) is 41.8 Å². The van der Waals surface area contributed by atoms with Gasteiger partial charge in [-0.25, -0.2) is 0 Å². The summed E-state index contributed by atoms with van der Waals surface area (Å²) in [5.74, 6) is 0. The molecule has 0 amide bonds. The zero-order valence-corrected chi connectivity index (χ0v) is 11.9. The van der Waals surface area contributed by atoms with Crippen molar-refractivity contribution in [2.75, 3.05) is 0 Å². The summed E-state index contributed by atoms with van der Waals surface area (Å²) >= 11 is 7.91. The van der Waals surface area contributed by atoms with Crippen LogP contribution >= 0.6 is 31.9 Å². The second kappa shape index (κ2) is 2.33. The van der Waals surface area contributed by atoms with Gasteiger partial charge in [0.25, 0.3) is 0 Å². The van der Waals surface area contributed by atoms with E-state index in [4.69, 9.17) is 0 Å². The highest BCUT2D eigenvalue weighted by molar-refractivity contribution is 9.25. The van der Waals surface area contributed by atoms with Gasteiger partial charge < -0.3 is 0 Å². The van der Waals surface area contributed by atoms with Crippen molar-refractivity contribution in [2.24, 2.45) is 10.8 Å². The summed E-state index contributed by atoms with van der Waals surface area (Å²) < 4.78 is 0.165. The molecule has 2 heteroatoms. The average Bonchev–Trinajstić information content (AvgIpc) is 2.70. The molecule has 2 unspecified atom stereocenters. The molecule has 4 aliphatic carbocycles. The fourth-order valence-corrected chi connectivity index (χ4v) is 7.87. The number of allylic oxidation sites excluding steroid dienone is 3. The Morgan fingerprint density at radius 3 is 2.53 bits per heavy atom. The summed E-state index contributed by atoms with van der Waals surface area (Å²) in [4.78, 5) is 0. The van der Waals surface area contributed by atoms with Crippen molar-refractivity contribution >= 4 is 31.9 Å². The first-order valence-corrected chi connectivity index (χ1v) is 7.48. The first-order chi connectivity index (χ1) is 7.09. The summed E-state index contributed by atoms with van der Waals surface area (Å²) in [6.07, 6.45) is 8.06. The maximum Gasteiger partial charge on any atom is 0.101 e. The van der Waals surface area contributed by atoms with Crippen LogP contribution in [0.5, 0.6) is 0 Å². The van der Waals surface area contributed by atoms with Crippen LogP contribution in [0.2, 0.25) is 0 Å². The first kappa shape index (κ1) is 9.47. The van der Waals surface area contributed by atoms with Crippen LogP contribution in [0.1, 0.15) is 38.5 Å². The molecule has 0 saturated heterocycles. The summed E-state index contributed by atoms with van der Waals surface area (Å²) in [7, 11) is 0. The maximum atomic E-state index is 4.43. The summed E-state index contributed by atoms with van der Waals surface area (Å²) in [6.45, 7) is 4.43. The molecular weight excluding hydrogens is 316 g/mol. The van der Waals surface area contributed by atoms with E-state index >= 15 is 0 Å². The standard InChI is InChI=1S/C13H14Br2/c1-8-9-4-2-5-10(9)12-7-3-6-11(8,12)13(12,14)15/h1-7H2. The van der Waals surface area contributed by atoms with Crippen LogP contribution < -0.4 is 0 Å². The smallest absolute Gasteiger partial charge is 0.0949 e. The number of halogens is 2. The molecule has 2 fully saturated rings. The van der Waals surface area contributed by atoms with Gasteiger partial charge in [-0.3, -0.25) is 0 Å². The van der Waals surface area contributed by atoms with E-state index in [-0.39, 0.29) is 3.23 Å². The van der Waals surface area contributed by atoms with E-state index in [2.05, 4.69) is 38.4 Å². The zero-order valence-electron chi connectivity index (χ0n) is 8.71. The fraction of sp³-hybridized carbons (Fsp3) is 0.692. The quantitative estimate of drug-likeness (QED) is 0.565. The van der Waals surface area contributed by atoms with Gasteiger partial charge in [0.1, 0.15) is 3.23 Å². The summed E-state index contributed by atoms with van der Waals surface area (Å²) in [5.41, 5.74) is 5.69. The predicted octanol–water partition coefficient (Wildman–Crippen LogP) is 4.69. The number of hydrogen-bond donors (Lipinski definition) is 0. The van der Waals surface area contributed by atoms with Gasteiger partial charge in [-0.1, -0.05) is 50.4 Å². The Labute approximate surface area is 107 Å². The highest BCUT2D eigenvalue weighted by Gasteiger charge is 2.91. The molecule has 0 aromatic heterocycles. The Morgan fingerprint density at radius 1 is 1.00 bits per heavy atom. The molecule has 4 aliphatic rings. The molecule has 0 N–H and O–H groups in total. The van der Waals surface area contributed by atoms with E-state index in [0.717, 1.165) is 0 Å². The molecule has 0 bridgehead atoms. The van der Waals surface area contributed by atoms with Gasteiger partial charge >= 0.3 is 0 Å². The Morgan fingerprint density at radius 2 is 1.73 bits per heavy atom. The number of hydrogen-bond acceptors (Lipinski definition) is 0. The Hall–Kier alpha value is 0.440. The minimum atomic E-state index is 0.165. The average molecular weight is 330 g/mol. The van der Waals surface area contributed by atoms with Crippen LogP contribution in [0.25, 0.3) is 0 Å². The van der Waals surface area contributed by atoms with E-state index in [1.807, 2.05) is 0 Å². The second-order valence-electron chi connectivity index (χ2n) is 5.53. The second-order valence-corrected chi connectivity index (χ2v) is 8.97. The van der Waals surface area contributed by atoms with Gasteiger partial charge in [-0.2, -0.15) is 0 Å². The number of rotatable bonds is 0. The lowest BCUT2D eigenvalue weighted by molar-refractivity contribution is 0.521. The third-order valence-electron chi connectivity index (χ3n) is 5.45. The van der Waals surface area contributed by atoms with Gasteiger partial charge in [0.2, 0.25) is 0 Å². The van der Waals surface area contributed by atoms with E-state index in [1.165, 1.54) is 44.1 Å². The Bertz CT molecular complexity index is 432. The lowest BCUT2D eigenvalue weighted by Gasteiger charge is -2.22. The molecule has 2 atom stereocenters. The normalized spacial score (nSPS) is 49.3. The van der Waals surface area contributed by atoms with E-state index in [1.54, 1.807) is 11.1 Å². The first-order valence-electron chi connectivity index (χ1n) is 5.90. The van der Waals surface area contributed by atoms with Crippen molar-refractivity contribution in [3.63, 3.8) is 0 Å². The molecule has 0 radical (unpaired) electrons. The molecule has 15 heavy (non-hydrogen) atoms. The van der Waals surface area contributed by atoms with Gasteiger partial charge in [-0.15, -0.1) is 0 Å². The van der Waals surface area contributed by atoms with Crippen molar-refractivity contribution in [3.8, 4) is 0 Å². The van der Waals surface area contributed by atoms with Crippen molar-refractivity contribution < 1.29 is 0 Å². The van der Waals surface area contributed by atoms with Gasteiger partial charge in [0.15, 0.2) is 0 Å². The molecule has 0 spiro atoms. The molecule has 0 nitrogen and oxygen atoms in total. The monoisotopic (exact) mass is 328 g/mol. The van der Waals surface area contributed by atoms with Crippen LogP contribution in [0, 0.1) is 10.8 Å². The van der Waals surface area contributed by atoms with Gasteiger partial charge in [-0.05, 0) is 43.3 Å². The van der Waals surface area contributed by atoms with Crippen molar-refractivity contribution in [1.29, 1.82) is 0 Å². The molecule has 0 heterocycles. The summed E-state index contributed by atoms with van der Waals surface area (Å²) in [5, 5.41) is 0. The lowest BCUT2D eigenvalue weighted by Crippen LogP contribution is -2.14. The number of alkyl halides is 2. The zero-order chi connectivity index (χ0) is 10.5. The topological polar surface area (TPSA) is 0 Å². The predicted molar refractivity (Wildman–Crippen MR) is 69.3 cm³/mol. The largest absolute Gasteiger partial charge is 0.101 e. The molecule has 4 rings (SSSR count). The third kappa shape index (κ3) is 0.632. The molecule has 80 valence electrons. The van der Waals surface area contributed by atoms with Crippen LogP contribution in [-0.2, 0) is 0 Å². The maximum absolute atomic E-state index is 4.43. The SMILES string of the molecule is C=C1C2=C(CCC2)C23CCCC12C3(Br)Br. The highest BCUT2D eigenvalue weighted by atomic mass is 79.9. The van der Waals surface area contributed by atoms with Crippen LogP contribution in [0.15, 0.2) is 23.3 Å². The Kier molecular flexibility index (Phi) is 1.47. The van der Waals surface area contributed by atoms with E-state index in [0.29, 0.717) is 10.8 Å². The molecule has 0 aromatic carbocycles. The van der Waals surface area contributed by atoms with Crippen LogP contribution in [0.4, 0.5) is 0 Å². The molecule has 0 aliphatic heterocycles. The van der Waals surface area contributed by atoms with E-state index in [9.17, 15) is 0 Å². The lowest BCUT2D eigenvalue weighted by atomic mass is 9.90. The molecular formula is C13H14Br2.